The van der Waals surface area contributed by atoms with Crippen LogP contribution >= 0.6 is 11.8 Å². The molecule has 2 heterocycles. The predicted octanol–water partition coefficient (Wildman–Crippen LogP) is -1.01. The number of aliphatic carboxylic acids is 1. The Morgan fingerprint density at radius 1 is 1.40 bits per heavy atom. The Labute approximate surface area is 146 Å². The Kier molecular flexibility index (Phi) is 4.53. The number of hydrogen-bond acceptors (Lipinski definition) is 6. The monoisotopic (exact) mass is 365 g/mol. The first-order valence-electron chi connectivity index (χ1n) is 7.37. The van der Waals surface area contributed by atoms with Crippen LogP contribution in [0.2, 0.25) is 0 Å². The molecule has 132 valence electrons. The lowest BCUT2D eigenvalue weighted by molar-refractivity contribution is -0.170. The van der Waals surface area contributed by atoms with Crippen molar-refractivity contribution in [2.45, 2.75) is 17.1 Å². The molecule has 0 aromatic heterocycles. The number of nitrogens with zero attached hydrogens (tertiary/aromatic N) is 1. The molecule has 2 aliphatic heterocycles. The normalized spacial score (nSPS) is 27.0. The van der Waals surface area contributed by atoms with Crippen LogP contribution in [0.5, 0.6) is 5.75 Å². The quantitative estimate of drug-likeness (QED) is 0.321. The van der Waals surface area contributed by atoms with Gasteiger partial charge in [-0.25, -0.2) is 4.79 Å². The molecule has 0 radical (unpaired) electrons. The van der Waals surface area contributed by atoms with Crippen molar-refractivity contribution in [3.63, 3.8) is 0 Å². The van der Waals surface area contributed by atoms with Gasteiger partial charge in [0.1, 0.15) is 17.2 Å². The van der Waals surface area contributed by atoms with Crippen molar-refractivity contribution in [1.29, 1.82) is 0 Å². The van der Waals surface area contributed by atoms with Gasteiger partial charge >= 0.3 is 5.97 Å². The predicted molar refractivity (Wildman–Crippen MR) is 86.5 cm³/mol. The van der Waals surface area contributed by atoms with Gasteiger partial charge in [-0.2, -0.15) is 0 Å². The molecule has 2 aliphatic rings. The van der Waals surface area contributed by atoms with Crippen LogP contribution in [0.25, 0.3) is 0 Å². The summed E-state index contributed by atoms with van der Waals surface area (Å²) >= 11 is 1.18. The number of nitrogens with one attached hydrogen (secondary N) is 2. The summed E-state index contributed by atoms with van der Waals surface area (Å²) < 4.78 is 5.31. The number of benzene rings is 1. The number of thioether (sulfide) groups is 1. The maximum Gasteiger partial charge on any atom is 0.327 e. The minimum absolute atomic E-state index is 0.185. The van der Waals surface area contributed by atoms with Crippen LogP contribution in [0.4, 0.5) is 0 Å². The Morgan fingerprint density at radius 2 is 2.12 bits per heavy atom. The first-order chi connectivity index (χ1) is 12.0. The van der Waals surface area contributed by atoms with E-state index < -0.39 is 34.9 Å². The third-order valence-electron chi connectivity index (χ3n) is 3.96. The maximum atomic E-state index is 12.5. The maximum absolute atomic E-state index is 12.5. The van der Waals surface area contributed by atoms with Gasteiger partial charge in [0.05, 0.1) is 0 Å². The standard InChI is InChI=1S/C15H15N3O6S/c19-8-16-15(13(23)18-10(12(21)22)7-25-14(15)18)17-11(20)6-24-9-4-2-1-3-5-9/h1-5,8,10,14H,6-7H2,(H,16,19)(H,17,20)(H,21,22)/t10?,14-,15-/m1/s1. The Hall–Kier alpha value is -2.75. The van der Waals surface area contributed by atoms with E-state index in [2.05, 4.69) is 10.6 Å². The average Bonchev–Trinajstić information content (AvgIpc) is 3.03. The molecule has 9 nitrogen and oxygen atoms in total. The minimum atomic E-state index is -1.65. The van der Waals surface area contributed by atoms with E-state index in [0.29, 0.717) is 12.2 Å². The van der Waals surface area contributed by atoms with Crippen LogP contribution in [0, 0.1) is 0 Å². The first-order valence-corrected chi connectivity index (χ1v) is 8.42. The molecule has 0 spiro atoms. The summed E-state index contributed by atoms with van der Waals surface area (Å²) in [6.45, 7) is -0.348. The Morgan fingerprint density at radius 3 is 2.76 bits per heavy atom. The highest BCUT2D eigenvalue weighted by atomic mass is 32.2. The van der Waals surface area contributed by atoms with Crippen molar-refractivity contribution in [1.82, 2.24) is 15.5 Å². The van der Waals surface area contributed by atoms with Gasteiger partial charge in [-0.15, -0.1) is 11.8 Å². The van der Waals surface area contributed by atoms with Crippen LogP contribution in [-0.2, 0) is 19.2 Å². The fraction of sp³-hybridized carbons (Fsp3) is 0.333. The van der Waals surface area contributed by atoms with E-state index >= 15 is 0 Å². The third-order valence-corrected chi connectivity index (χ3v) is 5.37. The van der Waals surface area contributed by atoms with Gasteiger partial charge in [-0.05, 0) is 12.1 Å². The van der Waals surface area contributed by atoms with Gasteiger partial charge in [0.2, 0.25) is 12.1 Å². The zero-order chi connectivity index (χ0) is 18.0. The van der Waals surface area contributed by atoms with Gasteiger partial charge in [-0.3, -0.25) is 14.4 Å². The van der Waals surface area contributed by atoms with Gasteiger partial charge in [0, 0.05) is 5.75 Å². The molecule has 3 rings (SSSR count). The number of carbonyl (C=O) groups is 4. The van der Waals surface area contributed by atoms with E-state index in [1.807, 2.05) is 0 Å². The number of rotatable bonds is 7. The van der Waals surface area contributed by atoms with Crippen LogP contribution in [0.15, 0.2) is 30.3 Å². The van der Waals surface area contributed by atoms with Gasteiger partial charge in [0.25, 0.3) is 11.8 Å². The molecule has 0 bridgehead atoms. The Bertz CT molecular complexity index is 714. The van der Waals surface area contributed by atoms with Crippen LogP contribution < -0.4 is 15.4 Å². The molecular weight excluding hydrogens is 350 g/mol. The van der Waals surface area contributed by atoms with Crippen molar-refractivity contribution >= 4 is 36.0 Å². The summed E-state index contributed by atoms with van der Waals surface area (Å²) in [6.07, 6.45) is 0.308. The number of ether oxygens (including phenoxy) is 1. The molecule has 25 heavy (non-hydrogen) atoms. The van der Waals surface area contributed by atoms with Crippen LogP contribution in [-0.4, -0.2) is 63.6 Å². The summed E-state index contributed by atoms with van der Waals surface area (Å²) in [6, 6.07) is 7.67. The molecule has 0 saturated carbocycles. The fourth-order valence-electron chi connectivity index (χ4n) is 2.82. The smallest absolute Gasteiger partial charge is 0.327 e. The highest BCUT2D eigenvalue weighted by Gasteiger charge is 2.68. The van der Waals surface area contributed by atoms with Crippen molar-refractivity contribution in [3.05, 3.63) is 30.3 Å². The van der Waals surface area contributed by atoms with Crippen molar-refractivity contribution < 1.29 is 29.0 Å². The molecule has 2 saturated heterocycles. The van der Waals surface area contributed by atoms with Crippen molar-refractivity contribution in [2.75, 3.05) is 12.4 Å². The topological polar surface area (TPSA) is 125 Å². The van der Waals surface area contributed by atoms with E-state index in [0.717, 1.165) is 4.90 Å². The van der Waals surface area contributed by atoms with E-state index in [-0.39, 0.29) is 12.4 Å². The van der Waals surface area contributed by atoms with Crippen LogP contribution in [0.1, 0.15) is 0 Å². The minimum Gasteiger partial charge on any atom is -0.484 e. The number of carbonyl (C=O) groups excluding carboxylic acids is 3. The molecule has 3 amide bonds. The lowest BCUT2D eigenvalue weighted by Gasteiger charge is -2.52. The molecular formula is C15H15N3O6S. The highest BCUT2D eigenvalue weighted by Crippen LogP contribution is 2.44. The Balaban J connectivity index is 1.68. The number of carboxylic acids is 1. The van der Waals surface area contributed by atoms with Gasteiger partial charge < -0.3 is 25.4 Å². The summed E-state index contributed by atoms with van der Waals surface area (Å²) in [4.78, 5) is 47.9. The molecule has 10 heteroatoms. The number of amides is 3. The molecule has 1 aromatic rings. The largest absolute Gasteiger partial charge is 0.484 e. The molecule has 0 aliphatic carbocycles. The van der Waals surface area contributed by atoms with E-state index in [9.17, 15) is 19.2 Å². The zero-order valence-corrected chi connectivity index (χ0v) is 13.7. The number of hydrogen-bond donors (Lipinski definition) is 3. The zero-order valence-electron chi connectivity index (χ0n) is 12.9. The summed E-state index contributed by atoms with van der Waals surface area (Å²) in [5.41, 5.74) is -1.65. The number of para-hydroxylation sites is 1. The van der Waals surface area contributed by atoms with E-state index in [1.54, 1.807) is 30.3 Å². The lowest BCUT2D eigenvalue weighted by Crippen LogP contribution is -2.84. The van der Waals surface area contributed by atoms with Gasteiger partial charge in [0.15, 0.2) is 6.61 Å². The molecule has 2 fully saturated rings. The molecule has 3 atom stereocenters. The lowest BCUT2D eigenvalue weighted by atomic mass is 9.96. The SMILES string of the molecule is O=CN[C@@]1(NC(=O)COc2ccccc2)C(=O)N2C(C(=O)O)CS[C@@H]21. The average molecular weight is 365 g/mol. The third kappa shape index (κ3) is 2.88. The first kappa shape index (κ1) is 17.1. The molecule has 1 aromatic carbocycles. The van der Waals surface area contributed by atoms with Crippen molar-refractivity contribution in [2.24, 2.45) is 0 Å². The second-order valence-electron chi connectivity index (χ2n) is 5.47. The van der Waals surface area contributed by atoms with Crippen molar-refractivity contribution in [3.8, 4) is 5.75 Å². The second-order valence-corrected chi connectivity index (χ2v) is 6.59. The number of β-lactam (4-membered cyclic amide) rings is 1. The summed E-state index contributed by atoms with van der Waals surface area (Å²) in [5.74, 6) is -1.72. The van der Waals surface area contributed by atoms with Gasteiger partial charge in [-0.1, -0.05) is 18.2 Å². The summed E-state index contributed by atoms with van der Waals surface area (Å²) in [7, 11) is 0. The van der Waals surface area contributed by atoms with E-state index in [4.69, 9.17) is 9.84 Å². The fourth-order valence-corrected chi connectivity index (χ4v) is 4.37. The molecule has 1 unspecified atom stereocenters. The number of fused-ring (bicyclic) bond motifs is 1. The highest BCUT2D eigenvalue weighted by molar-refractivity contribution is 8.00. The second kappa shape index (κ2) is 6.63. The molecule has 3 N–H and O–H groups in total. The van der Waals surface area contributed by atoms with E-state index in [1.165, 1.54) is 11.8 Å². The number of carboxylic acid groups (broad SMARTS) is 1. The summed E-state index contributed by atoms with van der Waals surface area (Å²) in [5, 5.41) is 13.3. The van der Waals surface area contributed by atoms with Crippen LogP contribution in [0.3, 0.4) is 0 Å².